The lowest BCUT2D eigenvalue weighted by molar-refractivity contribution is -0.120. The van der Waals surface area contributed by atoms with Crippen LogP contribution < -0.4 is 10.6 Å². The number of morpholine rings is 1. The predicted octanol–water partition coefficient (Wildman–Crippen LogP) is 3.19. The van der Waals surface area contributed by atoms with Crippen LogP contribution in [0.15, 0.2) is 36.5 Å². The van der Waals surface area contributed by atoms with E-state index in [1.165, 1.54) is 0 Å². The number of fused-ring (bicyclic) bond motifs is 1. The van der Waals surface area contributed by atoms with Crippen molar-refractivity contribution in [2.75, 3.05) is 44.7 Å². The number of imidazole rings is 1. The molecule has 8 nitrogen and oxygen atoms in total. The van der Waals surface area contributed by atoms with Crippen molar-refractivity contribution in [3.05, 3.63) is 63.5 Å². The van der Waals surface area contributed by atoms with Crippen LogP contribution in [0.2, 0.25) is 10.0 Å². The Kier molecular flexibility index (Phi) is 7.49. The Balaban J connectivity index is 1.46. The molecule has 33 heavy (non-hydrogen) atoms. The van der Waals surface area contributed by atoms with Gasteiger partial charge in [-0.15, -0.1) is 0 Å². The molecule has 0 bridgehead atoms. The number of carbonyl (C=O) groups excluding carboxylic acids is 2. The van der Waals surface area contributed by atoms with Gasteiger partial charge in [0, 0.05) is 32.4 Å². The first-order valence-electron chi connectivity index (χ1n) is 10.7. The second-order valence-corrected chi connectivity index (χ2v) is 8.61. The summed E-state index contributed by atoms with van der Waals surface area (Å²) in [6.07, 6.45) is 2.01. The normalized spacial score (nSPS) is 14.4. The average molecular weight is 490 g/mol. The van der Waals surface area contributed by atoms with E-state index in [1.807, 2.05) is 17.5 Å². The van der Waals surface area contributed by atoms with Crippen molar-refractivity contribution in [2.45, 2.75) is 13.3 Å². The van der Waals surface area contributed by atoms with E-state index < -0.39 is 5.91 Å². The van der Waals surface area contributed by atoms with E-state index in [1.54, 1.807) is 30.3 Å². The summed E-state index contributed by atoms with van der Waals surface area (Å²) in [6, 6.07) is 8.43. The lowest BCUT2D eigenvalue weighted by Gasteiger charge is -2.26. The summed E-state index contributed by atoms with van der Waals surface area (Å²) in [7, 11) is 0. The zero-order chi connectivity index (χ0) is 23.4. The zero-order valence-corrected chi connectivity index (χ0v) is 19.7. The molecule has 0 aliphatic carbocycles. The number of amides is 2. The average Bonchev–Trinajstić information content (AvgIpc) is 3.10. The van der Waals surface area contributed by atoms with Crippen LogP contribution in [0.3, 0.4) is 0 Å². The number of aromatic nitrogens is 2. The summed E-state index contributed by atoms with van der Waals surface area (Å²) in [5, 5.41) is 6.35. The van der Waals surface area contributed by atoms with Gasteiger partial charge in [-0.3, -0.25) is 14.5 Å². The van der Waals surface area contributed by atoms with E-state index in [0.29, 0.717) is 17.9 Å². The molecule has 3 aromatic rings. The summed E-state index contributed by atoms with van der Waals surface area (Å²) in [5.74, 6) is -0.507. The highest BCUT2D eigenvalue weighted by Gasteiger charge is 2.19. The minimum Gasteiger partial charge on any atom is -0.379 e. The minimum absolute atomic E-state index is 0.0783. The van der Waals surface area contributed by atoms with Gasteiger partial charge < -0.3 is 19.8 Å². The zero-order valence-electron chi connectivity index (χ0n) is 18.2. The van der Waals surface area contributed by atoms with Crippen LogP contribution in [-0.4, -0.2) is 65.5 Å². The van der Waals surface area contributed by atoms with Crippen LogP contribution in [0.1, 0.15) is 21.7 Å². The highest BCUT2D eigenvalue weighted by molar-refractivity contribution is 6.40. The van der Waals surface area contributed by atoms with Crippen LogP contribution >= 0.6 is 23.2 Å². The predicted molar refractivity (Wildman–Crippen MR) is 128 cm³/mol. The Hall–Kier alpha value is -2.65. The number of benzene rings is 1. The quantitative estimate of drug-likeness (QED) is 0.531. The first-order chi connectivity index (χ1) is 15.9. The number of anilines is 1. The summed E-state index contributed by atoms with van der Waals surface area (Å²) >= 11 is 12.3. The SMILES string of the molecule is Cc1nc2c(NC(=O)c3c(Cl)cccc3Cl)cccn2c1CC(=O)NCCN1CCOCC1. The number of carbonyl (C=O) groups is 2. The fraction of sp³-hybridized carbons (Fsp3) is 0.348. The summed E-state index contributed by atoms with van der Waals surface area (Å²) in [5.41, 5.74) is 2.73. The van der Waals surface area contributed by atoms with Gasteiger partial charge in [-0.05, 0) is 31.2 Å². The van der Waals surface area contributed by atoms with Gasteiger partial charge in [0.2, 0.25) is 5.91 Å². The number of ether oxygens (including phenoxy) is 1. The summed E-state index contributed by atoms with van der Waals surface area (Å²) in [6.45, 7) is 6.45. The number of aryl methyl sites for hydroxylation is 1. The third-order valence-electron chi connectivity index (χ3n) is 5.57. The lowest BCUT2D eigenvalue weighted by Crippen LogP contribution is -2.41. The first-order valence-corrected chi connectivity index (χ1v) is 11.5. The van der Waals surface area contributed by atoms with Crippen LogP contribution in [-0.2, 0) is 16.0 Å². The van der Waals surface area contributed by atoms with Gasteiger partial charge in [0.25, 0.3) is 5.91 Å². The molecule has 174 valence electrons. The number of nitrogens with one attached hydrogen (secondary N) is 2. The number of rotatable bonds is 7. The molecule has 10 heteroatoms. The smallest absolute Gasteiger partial charge is 0.258 e. The molecule has 0 spiro atoms. The third kappa shape index (κ3) is 5.47. The Bertz CT molecular complexity index is 1150. The number of nitrogens with zero attached hydrogens (tertiary/aromatic N) is 3. The standard InChI is InChI=1S/C23H25Cl2N5O3/c1-15-19(14-20(31)26-7-9-29-10-12-33-13-11-29)30-8-3-6-18(22(30)27-15)28-23(32)21-16(24)4-2-5-17(21)25/h2-6,8H,7,9-14H2,1H3,(H,26,31)(H,28,32). The number of halogens is 2. The van der Waals surface area contributed by atoms with Gasteiger partial charge in [-0.25, -0.2) is 4.98 Å². The van der Waals surface area contributed by atoms with E-state index >= 15 is 0 Å². The molecular weight excluding hydrogens is 465 g/mol. The van der Waals surface area contributed by atoms with E-state index in [0.717, 1.165) is 44.2 Å². The van der Waals surface area contributed by atoms with Crippen molar-refractivity contribution in [3.63, 3.8) is 0 Å². The summed E-state index contributed by atoms with van der Waals surface area (Å²) in [4.78, 5) is 32.3. The second-order valence-electron chi connectivity index (χ2n) is 7.79. The Morgan fingerprint density at radius 1 is 1.12 bits per heavy atom. The molecule has 1 fully saturated rings. The molecule has 1 saturated heterocycles. The van der Waals surface area contributed by atoms with Crippen molar-refractivity contribution in [1.82, 2.24) is 19.6 Å². The van der Waals surface area contributed by atoms with Crippen molar-refractivity contribution in [3.8, 4) is 0 Å². The number of pyridine rings is 1. The van der Waals surface area contributed by atoms with E-state index in [4.69, 9.17) is 27.9 Å². The lowest BCUT2D eigenvalue weighted by atomic mass is 10.2. The van der Waals surface area contributed by atoms with Crippen LogP contribution in [0.5, 0.6) is 0 Å². The molecular formula is C23H25Cl2N5O3. The maximum atomic E-state index is 12.8. The van der Waals surface area contributed by atoms with E-state index in [9.17, 15) is 9.59 Å². The van der Waals surface area contributed by atoms with Gasteiger partial charge in [-0.2, -0.15) is 0 Å². The molecule has 0 radical (unpaired) electrons. The van der Waals surface area contributed by atoms with Crippen molar-refractivity contribution >= 4 is 46.4 Å². The fourth-order valence-corrected chi connectivity index (χ4v) is 4.40. The highest BCUT2D eigenvalue weighted by atomic mass is 35.5. The molecule has 2 N–H and O–H groups in total. The molecule has 2 aromatic heterocycles. The van der Waals surface area contributed by atoms with Crippen LogP contribution in [0, 0.1) is 6.92 Å². The summed E-state index contributed by atoms with van der Waals surface area (Å²) < 4.78 is 7.16. The van der Waals surface area contributed by atoms with E-state index in [-0.39, 0.29) is 27.9 Å². The van der Waals surface area contributed by atoms with Gasteiger partial charge in [0.15, 0.2) is 5.65 Å². The largest absolute Gasteiger partial charge is 0.379 e. The molecule has 1 aliphatic heterocycles. The second kappa shape index (κ2) is 10.5. The molecule has 1 aliphatic rings. The maximum absolute atomic E-state index is 12.8. The fourth-order valence-electron chi connectivity index (χ4n) is 3.83. The minimum atomic E-state index is -0.429. The van der Waals surface area contributed by atoms with E-state index in [2.05, 4.69) is 20.5 Å². The van der Waals surface area contributed by atoms with Gasteiger partial charge in [-0.1, -0.05) is 29.3 Å². The first kappa shape index (κ1) is 23.5. The third-order valence-corrected chi connectivity index (χ3v) is 6.20. The molecule has 1 aromatic carbocycles. The Morgan fingerprint density at radius 3 is 2.58 bits per heavy atom. The monoisotopic (exact) mass is 489 g/mol. The molecule has 4 rings (SSSR count). The van der Waals surface area contributed by atoms with Gasteiger partial charge in [0.05, 0.1) is 52.3 Å². The highest BCUT2D eigenvalue weighted by Crippen LogP contribution is 2.27. The van der Waals surface area contributed by atoms with Gasteiger partial charge in [0.1, 0.15) is 0 Å². The Morgan fingerprint density at radius 2 is 1.85 bits per heavy atom. The van der Waals surface area contributed by atoms with Crippen molar-refractivity contribution in [2.24, 2.45) is 0 Å². The molecule has 3 heterocycles. The Labute approximate surface area is 201 Å². The maximum Gasteiger partial charge on any atom is 0.258 e. The van der Waals surface area contributed by atoms with Crippen molar-refractivity contribution in [1.29, 1.82) is 0 Å². The number of hydrogen-bond donors (Lipinski definition) is 2. The van der Waals surface area contributed by atoms with Crippen molar-refractivity contribution < 1.29 is 14.3 Å². The number of hydrogen-bond acceptors (Lipinski definition) is 5. The van der Waals surface area contributed by atoms with Gasteiger partial charge >= 0.3 is 0 Å². The van der Waals surface area contributed by atoms with Crippen LogP contribution in [0.4, 0.5) is 5.69 Å². The molecule has 0 atom stereocenters. The topological polar surface area (TPSA) is 88.0 Å². The molecule has 0 unspecified atom stereocenters. The molecule has 0 saturated carbocycles. The van der Waals surface area contributed by atoms with Crippen LogP contribution in [0.25, 0.3) is 5.65 Å². The molecule has 2 amide bonds.